The van der Waals surface area contributed by atoms with E-state index in [0.29, 0.717) is 45.7 Å². The van der Waals surface area contributed by atoms with E-state index in [1.807, 2.05) is 12.1 Å². The lowest BCUT2D eigenvalue weighted by Crippen LogP contribution is -2.40. The van der Waals surface area contributed by atoms with Crippen LogP contribution in [-0.2, 0) is 32.5 Å². The molecule has 1 saturated heterocycles. The van der Waals surface area contributed by atoms with Gasteiger partial charge in [-0.05, 0) is 41.8 Å². The third-order valence-corrected chi connectivity index (χ3v) is 6.67. The Morgan fingerprint density at radius 1 is 1.07 bits per heavy atom. The average Bonchev–Trinajstić information content (AvgIpc) is 2.73. The number of benzene rings is 1. The molecule has 28 heavy (non-hydrogen) atoms. The van der Waals surface area contributed by atoms with Gasteiger partial charge in [-0.3, -0.25) is 9.78 Å². The number of morpholine rings is 1. The quantitative estimate of drug-likeness (QED) is 0.703. The Balaban J connectivity index is 1.54. The number of aromatic nitrogens is 1. The van der Waals surface area contributed by atoms with E-state index in [0.717, 1.165) is 11.1 Å². The lowest BCUT2D eigenvalue weighted by Gasteiger charge is -2.26. The summed E-state index contributed by atoms with van der Waals surface area (Å²) >= 11 is 0. The number of carbonyl (C=O) groups excluding carboxylic acids is 1. The third-order valence-electron chi connectivity index (χ3n) is 4.75. The van der Waals surface area contributed by atoms with Gasteiger partial charge in [0, 0.05) is 45.5 Å². The molecule has 1 fully saturated rings. The summed E-state index contributed by atoms with van der Waals surface area (Å²) in [6.45, 7) is 2.14. The highest BCUT2D eigenvalue weighted by molar-refractivity contribution is 7.89. The second-order valence-electron chi connectivity index (χ2n) is 6.77. The maximum atomic E-state index is 12.6. The lowest BCUT2D eigenvalue weighted by molar-refractivity contribution is -0.130. The Morgan fingerprint density at radius 2 is 1.71 bits per heavy atom. The van der Waals surface area contributed by atoms with Crippen LogP contribution in [0.25, 0.3) is 0 Å². The molecule has 0 bridgehead atoms. The van der Waals surface area contributed by atoms with E-state index in [4.69, 9.17) is 4.74 Å². The molecule has 0 N–H and O–H groups in total. The summed E-state index contributed by atoms with van der Waals surface area (Å²) < 4.78 is 31.9. The highest BCUT2D eigenvalue weighted by Gasteiger charge is 2.26. The first kappa shape index (κ1) is 20.4. The number of pyridine rings is 1. The number of amides is 1. The van der Waals surface area contributed by atoms with Gasteiger partial charge < -0.3 is 9.64 Å². The zero-order valence-electron chi connectivity index (χ0n) is 16.0. The fourth-order valence-corrected chi connectivity index (χ4v) is 4.46. The van der Waals surface area contributed by atoms with Crippen LogP contribution >= 0.6 is 0 Å². The van der Waals surface area contributed by atoms with Crippen LogP contribution in [0.5, 0.6) is 0 Å². The molecule has 0 spiro atoms. The first-order valence-electron chi connectivity index (χ1n) is 9.26. The number of nitrogens with zero attached hydrogens (tertiary/aromatic N) is 3. The zero-order valence-corrected chi connectivity index (χ0v) is 16.8. The molecule has 0 unspecified atom stereocenters. The summed E-state index contributed by atoms with van der Waals surface area (Å²) in [7, 11) is -1.71. The fraction of sp³-hybridized carbons (Fsp3) is 0.400. The van der Waals surface area contributed by atoms with Crippen molar-refractivity contribution in [3.05, 3.63) is 59.9 Å². The largest absolute Gasteiger partial charge is 0.379 e. The van der Waals surface area contributed by atoms with Gasteiger partial charge in [0.05, 0.1) is 18.1 Å². The topological polar surface area (TPSA) is 79.8 Å². The van der Waals surface area contributed by atoms with Crippen molar-refractivity contribution in [3.8, 4) is 0 Å². The van der Waals surface area contributed by atoms with E-state index in [2.05, 4.69) is 4.98 Å². The van der Waals surface area contributed by atoms with Crippen LogP contribution < -0.4 is 0 Å². The van der Waals surface area contributed by atoms with Crippen molar-refractivity contribution in [3.63, 3.8) is 0 Å². The van der Waals surface area contributed by atoms with Gasteiger partial charge in [0.25, 0.3) is 0 Å². The van der Waals surface area contributed by atoms with Gasteiger partial charge in [-0.25, -0.2) is 8.42 Å². The van der Waals surface area contributed by atoms with E-state index in [1.54, 1.807) is 48.6 Å². The molecule has 1 aromatic heterocycles. The minimum Gasteiger partial charge on any atom is -0.379 e. The summed E-state index contributed by atoms with van der Waals surface area (Å²) in [4.78, 5) is 18.3. The van der Waals surface area contributed by atoms with Crippen LogP contribution in [0.1, 0.15) is 17.5 Å². The van der Waals surface area contributed by atoms with Crippen LogP contribution in [0, 0.1) is 0 Å². The number of hydrogen-bond acceptors (Lipinski definition) is 5. The average molecular weight is 404 g/mol. The third kappa shape index (κ3) is 5.15. The second kappa shape index (κ2) is 9.27. The summed E-state index contributed by atoms with van der Waals surface area (Å²) in [5.74, 6) is 0.0434. The van der Waals surface area contributed by atoms with Crippen LogP contribution in [0.4, 0.5) is 0 Å². The molecule has 3 rings (SSSR count). The standard InChI is InChI=1S/C20H25N3O4S/c1-22(16-18-8-10-21-11-9-18)20(24)7-4-17-2-5-19(6-3-17)28(25,26)23-12-14-27-15-13-23/h2-3,5-6,8-11H,4,7,12-16H2,1H3. The van der Waals surface area contributed by atoms with Crippen molar-refractivity contribution >= 4 is 15.9 Å². The first-order chi connectivity index (χ1) is 13.5. The van der Waals surface area contributed by atoms with Crippen molar-refractivity contribution in [1.82, 2.24) is 14.2 Å². The molecule has 0 radical (unpaired) electrons. The van der Waals surface area contributed by atoms with E-state index in [1.165, 1.54) is 4.31 Å². The fourth-order valence-electron chi connectivity index (χ4n) is 3.06. The number of hydrogen-bond donors (Lipinski definition) is 0. The summed E-state index contributed by atoms with van der Waals surface area (Å²) in [6, 6.07) is 10.6. The van der Waals surface area contributed by atoms with Crippen LogP contribution in [0.15, 0.2) is 53.7 Å². The number of sulfonamides is 1. The Kier molecular flexibility index (Phi) is 6.77. The lowest BCUT2D eigenvalue weighted by atomic mass is 10.1. The maximum Gasteiger partial charge on any atom is 0.243 e. The minimum atomic E-state index is -3.49. The molecule has 0 aliphatic carbocycles. The van der Waals surface area contributed by atoms with Gasteiger partial charge in [0.1, 0.15) is 0 Å². The van der Waals surface area contributed by atoms with E-state index >= 15 is 0 Å². The van der Waals surface area contributed by atoms with E-state index in [-0.39, 0.29) is 10.8 Å². The van der Waals surface area contributed by atoms with Gasteiger partial charge in [-0.2, -0.15) is 4.31 Å². The summed E-state index contributed by atoms with van der Waals surface area (Å²) in [6.07, 6.45) is 4.36. The number of rotatable bonds is 7. The number of ether oxygens (including phenoxy) is 1. The molecule has 150 valence electrons. The molecule has 1 aromatic carbocycles. The molecule has 1 aliphatic rings. The van der Waals surface area contributed by atoms with Gasteiger partial charge in [-0.15, -0.1) is 0 Å². The molecule has 2 aromatic rings. The SMILES string of the molecule is CN(Cc1ccncc1)C(=O)CCc1ccc(S(=O)(=O)N2CCOCC2)cc1. The predicted molar refractivity (Wildman–Crippen MR) is 105 cm³/mol. The van der Waals surface area contributed by atoms with Gasteiger partial charge in [-0.1, -0.05) is 12.1 Å². The predicted octanol–water partition coefficient (Wildman–Crippen LogP) is 1.69. The Labute approximate surface area is 166 Å². The second-order valence-corrected chi connectivity index (χ2v) is 8.70. The molecule has 1 aliphatic heterocycles. The Bertz CT molecular complexity index is 879. The van der Waals surface area contributed by atoms with Crippen LogP contribution in [0.2, 0.25) is 0 Å². The molecule has 8 heteroatoms. The molecule has 1 amide bonds. The Morgan fingerprint density at radius 3 is 2.36 bits per heavy atom. The molecular weight excluding hydrogens is 378 g/mol. The van der Waals surface area contributed by atoms with Crippen molar-refractivity contribution < 1.29 is 17.9 Å². The van der Waals surface area contributed by atoms with Gasteiger partial charge >= 0.3 is 0 Å². The highest BCUT2D eigenvalue weighted by atomic mass is 32.2. The summed E-state index contributed by atoms with van der Waals surface area (Å²) in [5, 5.41) is 0. The van der Waals surface area contributed by atoms with E-state index in [9.17, 15) is 13.2 Å². The van der Waals surface area contributed by atoms with Crippen LogP contribution in [-0.4, -0.2) is 61.9 Å². The zero-order chi connectivity index (χ0) is 20.0. The molecule has 0 atom stereocenters. The molecule has 0 saturated carbocycles. The van der Waals surface area contributed by atoms with Crippen molar-refractivity contribution in [2.75, 3.05) is 33.4 Å². The van der Waals surface area contributed by atoms with Crippen LogP contribution in [0.3, 0.4) is 0 Å². The number of aryl methyl sites for hydroxylation is 1. The van der Waals surface area contributed by atoms with Crippen molar-refractivity contribution in [1.29, 1.82) is 0 Å². The van der Waals surface area contributed by atoms with Gasteiger partial charge in [0.2, 0.25) is 15.9 Å². The highest BCUT2D eigenvalue weighted by Crippen LogP contribution is 2.18. The smallest absolute Gasteiger partial charge is 0.243 e. The number of carbonyl (C=O) groups is 1. The minimum absolute atomic E-state index is 0.0434. The van der Waals surface area contributed by atoms with Crippen molar-refractivity contribution in [2.24, 2.45) is 0 Å². The normalized spacial score (nSPS) is 15.3. The summed E-state index contributed by atoms with van der Waals surface area (Å²) in [5.41, 5.74) is 1.97. The van der Waals surface area contributed by atoms with Crippen molar-refractivity contribution in [2.45, 2.75) is 24.3 Å². The Hall–Kier alpha value is -2.29. The van der Waals surface area contributed by atoms with Gasteiger partial charge in [0.15, 0.2) is 0 Å². The molecular formula is C20H25N3O4S. The molecule has 2 heterocycles. The maximum absolute atomic E-state index is 12.6. The van der Waals surface area contributed by atoms with E-state index < -0.39 is 10.0 Å². The molecule has 7 nitrogen and oxygen atoms in total. The monoisotopic (exact) mass is 403 g/mol. The first-order valence-corrected chi connectivity index (χ1v) is 10.7.